The molecule has 8 heavy (non-hydrogen) atoms. The van der Waals surface area contributed by atoms with Gasteiger partial charge >= 0.3 is 0 Å². The number of nitrogens with two attached hydrogens (primary N) is 1. The SMILES string of the molecule is NC1CC[C@@H]2C=C[C@H]12. The van der Waals surface area contributed by atoms with Crippen molar-refractivity contribution in [2.45, 2.75) is 18.9 Å². The Kier molecular flexibility index (Phi) is 0.770. The number of hydrogen-bond acceptors (Lipinski definition) is 1. The van der Waals surface area contributed by atoms with E-state index in [0.29, 0.717) is 6.04 Å². The van der Waals surface area contributed by atoms with E-state index in [0.717, 1.165) is 11.8 Å². The molecule has 2 rings (SSSR count). The van der Waals surface area contributed by atoms with E-state index in [2.05, 4.69) is 12.2 Å². The lowest BCUT2D eigenvalue weighted by atomic mass is 9.84. The van der Waals surface area contributed by atoms with Crippen LogP contribution in [0.1, 0.15) is 12.8 Å². The normalized spacial score (nSPS) is 50.9. The Morgan fingerprint density at radius 3 is 2.38 bits per heavy atom. The Labute approximate surface area is 49.6 Å². The quantitative estimate of drug-likeness (QED) is 0.460. The molecule has 1 fully saturated rings. The van der Waals surface area contributed by atoms with Crippen molar-refractivity contribution in [3.8, 4) is 0 Å². The van der Waals surface area contributed by atoms with Crippen LogP contribution in [-0.4, -0.2) is 6.04 Å². The molecule has 0 heterocycles. The van der Waals surface area contributed by atoms with Crippen molar-refractivity contribution < 1.29 is 0 Å². The molecule has 0 aromatic heterocycles. The van der Waals surface area contributed by atoms with E-state index in [1.807, 2.05) is 0 Å². The van der Waals surface area contributed by atoms with Crippen LogP contribution in [0, 0.1) is 11.8 Å². The van der Waals surface area contributed by atoms with Crippen LogP contribution >= 0.6 is 0 Å². The Balaban J connectivity index is 2.16. The Bertz CT molecular complexity index is 128. The molecular weight excluding hydrogens is 98.1 g/mol. The first-order chi connectivity index (χ1) is 3.88. The lowest BCUT2D eigenvalue weighted by Crippen LogP contribution is -2.29. The molecule has 0 bridgehead atoms. The van der Waals surface area contributed by atoms with E-state index in [1.54, 1.807) is 0 Å². The highest BCUT2D eigenvalue weighted by molar-refractivity contribution is 5.15. The van der Waals surface area contributed by atoms with Gasteiger partial charge in [-0.3, -0.25) is 0 Å². The minimum absolute atomic E-state index is 0.491. The summed E-state index contributed by atoms with van der Waals surface area (Å²) in [5, 5.41) is 0. The molecule has 0 spiro atoms. The zero-order chi connectivity index (χ0) is 5.56. The summed E-state index contributed by atoms with van der Waals surface area (Å²) in [6.07, 6.45) is 7.12. The third kappa shape index (κ3) is 0.402. The van der Waals surface area contributed by atoms with Gasteiger partial charge in [-0.2, -0.15) is 0 Å². The maximum atomic E-state index is 5.77. The molecule has 0 radical (unpaired) electrons. The maximum Gasteiger partial charge on any atom is 0.0108 e. The predicted octanol–water partition coefficient (Wildman–Crippen LogP) is 0.910. The summed E-state index contributed by atoms with van der Waals surface area (Å²) in [7, 11) is 0. The zero-order valence-corrected chi connectivity index (χ0v) is 4.88. The molecule has 1 heteroatoms. The molecule has 2 N–H and O–H groups in total. The summed E-state index contributed by atoms with van der Waals surface area (Å²) >= 11 is 0. The van der Waals surface area contributed by atoms with Crippen molar-refractivity contribution in [3.05, 3.63) is 12.2 Å². The third-order valence-corrected chi connectivity index (χ3v) is 2.40. The van der Waals surface area contributed by atoms with Gasteiger partial charge in [0.05, 0.1) is 0 Å². The van der Waals surface area contributed by atoms with Gasteiger partial charge in [0.2, 0.25) is 0 Å². The molecule has 0 aromatic carbocycles. The second kappa shape index (κ2) is 1.35. The topological polar surface area (TPSA) is 26.0 Å². The fraction of sp³-hybridized carbons (Fsp3) is 0.714. The number of allylic oxidation sites excluding steroid dienone is 1. The van der Waals surface area contributed by atoms with Crippen LogP contribution in [0.4, 0.5) is 0 Å². The third-order valence-electron chi connectivity index (χ3n) is 2.40. The molecule has 0 aromatic rings. The van der Waals surface area contributed by atoms with Crippen LogP contribution < -0.4 is 5.73 Å². The van der Waals surface area contributed by atoms with Crippen LogP contribution in [0.5, 0.6) is 0 Å². The van der Waals surface area contributed by atoms with Gasteiger partial charge in [0.25, 0.3) is 0 Å². The maximum absolute atomic E-state index is 5.77. The Morgan fingerprint density at radius 2 is 2.12 bits per heavy atom. The molecule has 2 aliphatic carbocycles. The van der Waals surface area contributed by atoms with Crippen LogP contribution in [0.15, 0.2) is 12.2 Å². The van der Waals surface area contributed by atoms with E-state index in [9.17, 15) is 0 Å². The number of rotatable bonds is 0. The van der Waals surface area contributed by atoms with Gasteiger partial charge in [-0.25, -0.2) is 0 Å². The average molecular weight is 109 g/mol. The highest BCUT2D eigenvalue weighted by Gasteiger charge is 2.34. The molecular formula is C7H11N. The molecule has 3 atom stereocenters. The van der Waals surface area contributed by atoms with Gasteiger partial charge < -0.3 is 5.73 Å². The van der Waals surface area contributed by atoms with Gasteiger partial charge in [0, 0.05) is 6.04 Å². The summed E-state index contributed by atoms with van der Waals surface area (Å²) in [6.45, 7) is 0. The van der Waals surface area contributed by atoms with Gasteiger partial charge in [0.1, 0.15) is 0 Å². The predicted molar refractivity (Wildman–Crippen MR) is 33.3 cm³/mol. The van der Waals surface area contributed by atoms with Gasteiger partial charge in [0.15, 0.2) is 0 Å². The summed E-state index contributed by atoms with van der Waals surface area (Å²) in [4.78, 5) is 0. The van der Waals surface area contributed by atoms with Gasteiger partial charge in [-0.1, -0.05) is 12.2 Å². The summed E-state index contributed by atoms with van der Waals surface area (Å²) < 4.78 is 0. The fourth-order valence-corrected chi connectivity index (χ4v) is 1.72. The first-order valence-electron chi connectivity index (χ1n) is 3.32. The van der Waals surface area contributed by atoms with Crippen molar-refractivity contribution in [3.63, 3.8) is 0 Å². The van der Waals surface area contributed by atoms with Crippen LogP contribution in [-0.2, 0) is 0 Å². The van der Waals surface area contributed by atoms with Crippen LogP contribution in [0.3, 0.4) is 0 Å². The second-order valence-corrected chi connectivity index (χ2v) is 2.87. The molecule has 0 aliphatic heterocycles. The van der Waals surface area contributed by atoms with E-state index in [4.69, 9.17) is 5.73 Å². The second-order valence-electron chi connectivity index (χ2n) is 2.87. The van der Waals surface area contributed by atoms with Crippen molar-refractivity contribution >= 4 is 0 Å². The van der Waals surface area contributed by atoms with Gasteiger partial charge in [-0.05, 0) is 24.7 Å². The van der Waals surface area contributed by atoms with Crippen LogP contribution in [0.2, 0.25) is 0 Å². The fourth-order valence-electron chi connectivity index (χ4n) is 1.72. The minimum atomic E-state index is 0.491. The number of hydrogen-bond donors (Lipinski definition) is 1. The average Bonchev–Trinajstić information content (AvgIpc) is 1.80. The zero-order valence-electron chi connectivity index (χ0n) is 4.88. The lowest BCUT2D eigenvalue weighted by Gasteiger charge is -2.23. The van der Waals surface area contributed by atoms with E-state index < -0.39 is 0 Å². The van der Waals surface area contributed by atoms with E-state index >= 15 is 0 Å². The summed E-state index contributed by atoms with van der Waals surface area (Å²) in [6, 6.07) is 0.491. The molecule has 1 unspecified atom stereocenters. The van der Waals surface area contributed by atoms with Crippen molar-refractivity contribution in [1.82, 2.24) is 0 Å². The molecule has 1 nitrogen and oxygen atoms in total. The standard InChI is InChI=1S/C7H11N/c8-7-4-2-5-1-3-6(5)7/h1,3,5-7H,2,4,8H2/t5-,6-,7?/m0/s1. The number of fused-ring (bicyclic) bond motifs is 1. The molecule has 44 valence electrons. The monoisotopic (exact) mass is 109 g/mol. The van der Waals surface area contributed by atoms with Crippen molar-refractivity contribution in [1.29, 1.82) is 0 Å². The molecule has 0 amide bonds. The molecule has 1 saturated carbocycles. The van der Waals surface area contributed by atoms with Crippen molar-refractivity contribution in [2.24, 2.45) is 17.6 Å². The van der Waals surface area contributed by atoms with E-state index in [-0.39, 0.29) is 0 Å². The van der Waals surface area contributed by atoms with Crippen molar-refractivity contribution in [2.75, 3.05) is 0 Å². The minimum Gasteiger partial charge on any atom is -0.327 e. The first kappa shape index (κ1) is 4.57. The highest BCUT2D eigenvalue weighted by atomic mass is 14.7. The summed E-state index contributed by atoms with van der Waals surface area (Å²) in [5.41, 5.74) is 5.77. The first-order valence-corrected chi connectivity index (χ1v) is 3.32. The van der Waals surface area contributed by atoms with E-state index in [1.165, 1.54) is 12.8 Å². The Morgan fingerprint density at radius 1 is 1.25 bits per heavy atom. The molecule has 0 saturated heterocycles. The lowest BCUT2D eigenvalue weighted by molar-refractivity contribution is 0.461. The summed E-state index contributed by atoms with van der Waals surface area (Å²) in [5.74, 6) is 1.62. The van der Waals surface area contributed by atoms with Gasteiger partial charge in [-0.15, -0.1) is 0 Å². The largest absolute Gasteiger partial charge is 0.327 e. The molecule has 2 aliphatic rings. The smallest absolute Gasteiger partial charge is 0.0108 e. The Hall–Kier alpha value is -0.300. The van der Waals surface area contributed by atoms with Crippen LogP contribution in [0.25, 0.3) is 0 Å². The highest BCUT2D eigenvalue weighted by Crippen LogP contribution is 2.39.